The molecule has 0 aliphatic carbocycles. The molecule has 6 heteroatoms. The fourth-order valence-electron chi connectivity index (χ4n) is 3.71. The van der Waals surface area contributed by atoms with Crippen LogP contribution < -0.4 is 0 Å². The van der Waals surface area contributed by atoms with Crippen LogP contribution in [0.25, 0.3) is 0 Å². The van der Waals surface area contributed by atoms with E-state index in [1.165, 1.54) is 0 Å². The number of aromatic nitrogens is 1. The summed E-state index contributed by atoms with van der Waals surface area (Å²) in [6, 6.07) is 6.91. The number of nitrogens with one attached hydrogen (secondary N) is 1. The first-order chi connectivity index (χ1) is 13.8. The molecule has 3 rings (SSSR count). The molecular weight excluding hydrogens is 381 g/mol. The largest absolute Gasteiger partial charge is 0.507 e. The van der Waals surface area contributed by atoms with E-state index in [1.54, 1.807) is 29.2 Å². The van der Waals surface area contributed by atoms with Crippen LogP contribution in [0.1, 0.15) is 80.0 Å². The second kappa shape index (κ2) is 7.49. The third-order valence-electron chi connectivity index (χ3n) is 5.46. The third-order valence-corrected chi connectivity index (χ3v) is 5.46. The summed E-state index contributed by atoms with van der Waals surface area (Å²) in [5.41, 5.74) is 2.86. The van der Waals surface area contributed by atoms with E-state index in [4.69, 9.17) is 5.41 Å². The van der Waals surface area contributed by atoms with Gasteiger partial charge in [0.05, 0.1) is 12.2 Å². The maximum atomic E-state index is 13.2. The lowest BCUT2D eigenvalue weighted by atomic mass is 9.78. The van der Waals surface area contributed by atoms with Crippen molar-refractivity contribution in [2.45, 2.75) is 65.6 Å². The van der Waals surface area contributed by atoms with Crippen LogP contribution in [0.5, 0.6) is 5.75 Å². The quantitative estimate of drug-likeness (QED) is 0.703. The number of hydrogen-bond acceptors (Lipinski definition) is 4. The average molecular weight is 412 g/mol. The topological polar surface area (TPSA) is 77.3 Å². The summed E-state index contributed by atoms with van der Waals surface area (Å²) >= 11 is 0. The Bertz CT molecular complexity index is 981. The number of alkyl halides is 1. The molecule has 2 aromatic rings. The molecule has 0 atom stereocenters. The van der Waals surface area contributed by atoms with Gasteiger partial charge in [0.2, 0.25) is 0 Å². The minimum atomic E-state index is -0.682. The van der Waals surface area contributed by atoms with Crippen molar-refractivity contribution in [3.63, 3.8) is 0 Å². The molecule has 1 aromatic carbocycles. The number of rotatable bonds is 4. The van der Waals surface area contributed by atoms with Crippen LogP contribution in [0.15, 0.2) is 24.3 Å². The zero-order valence-electron chi connectivity index (χ0n) is 18.6. The number of aromatic hydroxyl groups is 1. The number of fused-ring (bicyclic) bond motifs is 1. The zero-order valence-corrected chi connectivity index (χ0v) is 18.6. The SMILES string of the molecule is CC(C)(C)c1cc(C(=O)CN2Cc3ccc(CF)nc3C2=N)cc(C(C)(C)C)c1O. The molecule has 1 aliphatic rings. The Balaban J connectivity index is 1.93. The lowest BCUT2D eigenvalue weighted by Crippen LogP contribution is -2.31. The fourth-order valence-corrected chi connectivity index (χ4v) is 3.71. The maximum Gasteiger partial charge on any atom is 0.182 e. The van der Waals surface area contributed by atoms with Gasteiger partial charge in [0.25, 0.3) is 0 Å². The lowest BCUT2D eigenvalue weighted by molar-refractivity contribution is 0.0962. The number of ketones is 1. The Labute approximate surface area is 177 Å². The Kier molecular flexibility index (Phi) is 5.48. The van der Waals surface area contributed by atoms with E-state index in [9.17, 15) is 14.3 Å². The molecule has 30 heavy (non-hydrogen) atoms. The van der Waals surface area contributed by atoms with Crippen LogP contribution in [0.2, 0.25) is 0 Å². The highest BCUT2D eigenvalue weighted by atomic mass is 19.1. The number of phenols is 1. The minimum absolute atomic E-state index is 0.0259. The fraction of sp³-hybridized carbons (Fsp3) is 0.458. The van der Waals surface area contributed by atoms with E-state index in [-0.39, 0.29) is 40.4 Å². The first-order valence-corrected chi connectivity index (χ1v) is 10.1. The number of nitrogens with zero attached hydrogens (tertiary/aromatic N) is 2. The van der Waals surface area contributed by atoms with Gasteiger partial charge in [-0.15, -0.1) is 0 Å². The number of phenolic OH excluding ortho intramolecular Hbond substituents is 1. The molecule has 0 spiro atoms. The van der Waals surface area contributed by atoms with E-state index in [0.29, 0.717) is 17.8 Å². The number of amidine groups is 1. The summed E-state index contributed by atoms with van der Waals surface area (Å²) in [5, 5.41) is 19.2. The van der Waals surface area contributed by atoms with Gasteiger partial charge in [0, 0.05) is 28.8 Å². The lowest BCUT2D eigenvalue weighted by Gasteiger charge is -2.28. The number of pyridine rings is 1. The molecule has 0 radical (unpaired) electrons. The predicted octanol–water partition coefficient (Wildman–Crippen LogP) is 4.88. The summed E-state index contributed by atoms with van der Waals surface area (Å²) in [5.74, 6) is 0.240. The normalized spacial score (nSPS) is 14.2. The van der Waals surface area contributed by atoms with Crippen molar-refractivity contribution in [3.05, 3.63) is 57.9 Å². The molecule has 0 saturated carbocycles. The Morgan fingerprint density at radius 3 is 2.20 bits per heavy atom. The molecule has 0 bridgehead atoms. The number of benzene rings is 1. The van der Waals surface area contributed by atoms with Crippen molar-refractivity contribution in [3.8, 4) is 5.75 Å². The molecule has 0 fully saturated rings. The van der Waals surface area contributed by atoms with Crippen LogP contribution in [0.4, 0.5) is 4.39 Å². The molecule has 0 saturated heterocycles. The molecule has 160 valence electrons. The standard InChI is InChI=1S/C24H30FN3O2/c1-23(2,3)17-9-15(10-18(21(17)30)24(4,5)6)19(29)13-28-12-14-7-8-16(11-25)27-20(14)22(28)26/h7-10,26,30H,11-13H2,1-6H3. The molecule has 5 nitrogen and oxygen atoms in total. The number of carbonyl (C=O) groups excluding carboxylic acids is 1. The second-order valence-corrected chi connectivity index (χ2v) is 9.99. The summed E-state index contributed by atoms with van der Waals surface area (Å²) in [4.78, 5) is 19.0. The number of Topliss-reactive ketones (excluding diaryl/α,β-unsaturated/α-hetero) is 1. The molecule has 1 aromatic heterocycles. The zero-order chi connectivity index (χ0) is 22.4. The van der Waals surface area contributed by atoms with Crippen LogP contribution in [0.3, 0.4) is 0 Å². The second-order valence-electron chi connectivity index (χ2n) is 9.99. The minimum Gasteiger partial charge on any atom is -0.507 e. The number of carbonyl (C=O) groups is 1. The van der Waals surface area contributed by atoms with Gasteiger partial charge in [0.15, 0.2) is 5.78 Å². The van der Waals surface area contributed by atoms with Crippen molar-refractivity contribution >= 4 is 11.6 Å². The van der Waals surface area contributed by atoms with Crippen molar-refractivity contribution in [2.24, 2.45) is 0 Å². The number of hydrogen-bond donors (Lipinski definition) is 2. The Morgan fingerprint density at radius 2 is 1.70 bits per heavy atom. The van der Waals surface area contributed by atoms with Crippen molar-refractivity contribution in [1.82, 2.24) is 9.88 Å². The van der Waals surface area contributed by atoms with Gasteiger partial charge in [-0.3, -0.25) is 10.2 Å². The van der Waals surface area contributed by atoms with Gasteiger partial charge in [-0.2, -0.15) is 0 Å². The highest BCUT2D eigenvalue weighted by Crippen LogP contribution is 2.40. The van der Waals surface area contributed by atoms with Crippen LogP contribution >= 0.6 is 0 Å². The van der Waals surface area contributed by atoms with Crippen molar-refractivity contribution in [2.75, 3.05) is 6.54 Å². The van der Waals surface area contributed by atoms with E-state index in [0.717, 1.165) is 16.7 Å². The van der Waals surface area contributed by atoms with Gasteiger partial charge in [-0.05, 0) is 29.0 Å². The Morgan fingerprint density at radius 1 is 1.13 bits per heavy atom. The summed E-state index contributed by atoms with van der Waals surface area (Å²) in [6.45, 7) is 11.8. The summed E-state index contributed by atoms with van der Waals surface area (Å²) in [7, 11) is 0. The van der Waals surface area contributed by atoms with Gasteiger partial charge in [-0.1, -0.05) is 47.6 Å². The number of halogens is 1. The molecule has 1 aliphatic heterocycles. The van der Waals surface area contributed by atoms with Gasteiger partial charge in [0.1, 0.15) is 24.0 Å². The van der Waals surface area contributed by atoms with Gasteiger partial charge < -0.3 is 10.0 Å². The third kappa shape index (κ3) is 4.09. The average Bonchev–Trinajstić information content (AvgIpc) is 2.95. The molecule has 0 amide bonds. The van der Waals surface area contributed by atoms with E-state index < -0.39 is 6.67 Å². The Hall–Kier alpha value is -2.76. The molecule has 2 heterocycles. The molecule has 0 unspecified atom stereocenters. The summed E-state index contributed by atoms with van der Waals surface area (Å²) in [6.07, 6.45) is 0. The predicted molar refractivity (Wildman–Crippen MR) is 116 cm³/mol. The smallest absolute Gasteiger partial charge is 0.182 e. The van der Waals surface area contributed by atoms with Crippen molar-refractivity contribution < 1.29 is 14.3 Å². The summed E-state index contributed by atoms with van der Waals surface area (Å²) < 4.78 is 12.9. The van der Waals surface area contributed by atoms with Crippen LogP contribution in [-0.4, -0.2) is 33.2 Å². The maximum absolute atomic E-state index is 13.2. The monoisotopic (exact) mass is 411 g/mol. The highest BCUT2D eigenvalue weighted by molar-refractivity contribution is 6.04. The van der Waals surface area contributed by atoms with E-state index in [2.05, 4.69) is 4.98 Å². The van der Waals surface area contributed by atoms with E-state index >= 15 is 0 Å². The highest BCUT2D eigenvalue weighted by Gasteiger charge is 2.30. The van der Waals surface area contributed by atoms with Gasteiger partial charge >= 0.3 is 0 Å². The molecule has 2 N–H and O–H groups in total. The first kappa shape index (κ1) is 21.9. The first-order valence-electron chi connectivity index (χ1n) is 10.1. The van der Waals surface area contributed by atoms with Gasteiger partial charge in [-0.25, -0.2) is 9.37 Å². The van der Waals surface area contributed by atoms with Crippen LogP contribution in [0, 0.1) is 5.41 Å². The molecular formula is C24H30FN3O2. The van der Waals surface area contributed by atoms with E-state index in [1.807, 2.05) is 41.5 Å². The van der Waals surface area contributed by atoms with Crippen LogP contribution in [-0.2, 0) is 24.0 Å². The van der Waals surface area contributed by atoms with Crippen molar-refractivity contribution in [1.29, 1.82) is 5.41 Å².